The molecule has 214 valence electrons. The molecule has 0 aliphatic heterocycles. The number of hydrogen-bond donors (Lipinski definition) is 0. The monoisotopic (exact) mass is 545 g/mol. The summed E-state index contributed by atoms with van der Waals surface area (Å²) in [5.74, 6) is 0.853. The van der Waals surface area contributed by atoms with E-state index in [1.807, 2.05) is 19.1 Å². The van der Waals surface area contributed by atoms with E-state index >= 15 is 0 Å². The molecular formula is C29H39NO9. The minimum atomic E-state index is -0.524. The Morgan fingerprint density at radius 2 is 1.46 bits per heavy atom. The van der Waals surface area contributed by atoms with Gasteiger partial charge in [-0.05, 0) is 58.0 Å². The Balaban J connectivity index is 0.00000139. The predicted molar refractivity (Wildman–Crippen MR) is 148 cm³/mol. The first-order valence-electron chi connectivity index (χ1n) is 12.5. The Hall–Kier alpha value is -3.73. The molecular weight excluding hydrogens is 506 g/mol. The van der Waals surface area contributed by atoms with Crippen LogP contribution in [0, 0.1) is 10.1 Å². The van der Waals surface area contributed by atoms with Gasteiger partial charge in [-0.15, -0.1) is 0 Å². The number of rotatable bonds is 16. The van der Waals surface area contributed by atoms with E-state index in [0.717, 1.165) is 0 Å². The topological polar surface area (TPSA) is 116 Å². The van der Waals surface area contributed by atoms with Crippen LogP contribution in [-0.4, -0.2) is 62.7 Å². The lowest BCUT2D eigenvalue weighted by atomic mass is 10.2. The molecule has 0 heterocycles. The maximum absolute atomic E-state index is 11.5. The van der Waals surface area contributed by atoms with Crippen LogP contribution in [0.3, 0.4) is 0 Å². The van der Waals surface area contributed by atoms with Crippen LogP contribution in [0.5, 0.6) is 17.2 Å². The number of nitrogens with zero attached hydrogens (tertiary/aromatic N) is 1. The minimum Gasteiger partial charge on any atom is -0.491 e. The number of allylic oxidation sites excluding steroid dienone is 3. The third-order valence-corrected chi connectivity index (χ3v) is 4.32. The highest BCUT2D eigenvalue weighted by molar-refractivity contribution is 5.71. The van der Waals surface area contributed by atoms with Crippen LogP contribution < -0.4 is 9.47 Å². The molecule has 0 radical (unpaired) electrons. The second kappa shape index (κ2) is 19.4. The normalized spacial score (nSPS) is 10.9. The molecule has 0 unspecified atom stereocenters. The second-order valence-electron chi connectivity index (χ2n) is 8.77. The number of carbonyl (C=O) groups excluding carboxylic acids is 1. The maximum atomic E-state index is 11.5. The fraction of sp³-hybridized carbons (Fsp3) is 0.414. The standard InChI is InChI=1S/C24H31NO9.C5H8/c1-24(2,3)34-23(26)18-31-15-14-29-12-13-30-16-17-32-19-8-10-20(11-9-19)33-22-7-5-4-6-21(22)25(27)28;1-3-5-4-2/h4-11H,12-18H2,1-3H3;3-5H,1H2,2H3/b;5-4-. The van der Waals surface area contributed by atoms with Crippen molar-refractivity contribution in [3.63, 3.8) is 0 Å². The van der Waals surface area contributed by atoms with Gasteiger partial charge in [-0.25, -0.2) is 4.79 Å². The summed E-state index contributed by atoms with van der Waals surface area (Å²) >= 11 is 0. The molecule has 0 atom stereocenters. The van der Waals surface area contributed by atoms with E-state index in [-0.39, 0.29) is 18.0 Å². The van der Waals surface area contributed by atoms with Crippen LogP contribution in [0.1, 0.15) is 27.7 Å². The van der Waals surface area contributed by atoms with Crippen molar-refractivity contribution in [2.24, 2.45) is 0 Å². The lowest BCUT2D eigenvalue weighted by molar-refractivity contribution is -0.385. The van der Waals surface area contributed by atoms with E-state index in [4.69, 9.17) is 28.4 Å². The van der Waals surface area contributed by atoms with Crippen molar-refractivity contribution in [3.05, 3.63) is 83.5 Å². The Morgan fingerprint density at radius 1 is 0.897 bits per heavy atom. The summed E-state index contributed by atoms with van der Waals surface area (Å²) in [6.45, 7) is 12.9. The summed E-state index contributed by atoms with van der Waals surface area (Å²) in [6, 6.07) is 13.0. The van der Waals surface area contributed by atoms with Gasteiger partial charge in [0.1, 0.15) is 30.3 Å². The van der Waals surface area contributed by atoms with Gasteiger partial charge in [-0.2, -0.15) is 0 Å². The first-order chi connectivity index (χ1) is 18.7. The van der Waals surface area contributed by atoms with E-state index in [1.165, 1.54) is 6.07 Å². The summed E-state index contributed by atoms with van der Waals surface area (Å²) in [5, 5.41) is 11.1. The van der Waals surface area contributed by atoms with Gasteiger partial charge in [0.15, 0.2) is 0 Å². The first-order valence-corrected chi connectivity index (χ1v) is 12.5. The zero-order valence-electron chi connectivity index (χ0n) is 23.1. The molecule has 39 heavy (non-hydrogen) atoms. The van der Waals surface area contributed by atoms with Crippen molar-refractivity contribution in [3.8, 4) is 17.2 Å². The van der Waals surface area contributed by atoms with Crippen LogP contribution in [0.4, 0.5) is 5.69 Å². The second-order valence-corrected chi connectivity index (χ2v) is 8.77. The van der Waals surface area contributed by atoms with Gasteiger partial charge in [-0.3, -0.25) is 10.1 Å². The molecule has 2 aromatic rings. The Bertz CT molecular complexity index is 1010. The van der Waals surface area contributed by atoms with Gasteiger partial charge in [-0.1, -0.05) is 36.9 Å². The number of hydrogen-bond acceptors (Lipinski definition) is 9. The van der Waals surface area contributed by atoms with E-state index in [9.17, 15) is 14.9 Å². The number of ether oxygens (including phenoxy) is 6. The van der Waals surface area contributed by atoms with Crippen molar-refractivity contribution in [2.45, 2.75) is 33.3 Å². The van der Waals surface area contributed by atoms with Gasteiger partial charge >= 0.3 is 11.7 Å². The number of nitro benzene ring substituents is 1. The average Bonchev–Trinajstić information content (AvgIpc) is 2.88. The zero-order valence-corrected chi connectivity index (χ0v) is 23.1. The lowest BCUT2D eigenvalue weighted by Crippen LogP contribution is -2.27. The van der Waals surface area contributed by atoms with Crippen molar-refractivity contribution in [2.75, 3.05) is 46.2 Å². The molecule has 0 amide bonds. The third-order valence-electron chi connectivity index (χ3n) is 4.32. The van der Waals surface area contributed by atoms with Crippen molar-refractivity contribution >= 4 is 11.7 Å². The Morgan fingerprint density at radius 3 is 2.00 bits per heavy atom. The number of carbonyl (C=O) groups is 1. The quantitative estimate of drug-likeness (QED) is 0.0835. The number of para-hydroxylation sites is 2. The molecule has 0 saturated carbocycles. The number of esters is 1. The molecule has 0 aliphatic carbocycles. The van der Waals surface area contributed by atoms with Gasteiger partial charge in [0.2, 0.25) is 5.75 Å². The van der Waals surface area contributed by atoms with Gasteiger partial charge in [0.25, 0.3) is 0 Å². The highest BCUT2D eigenvalue weighted by Gasteiger charge is 2.16. The molecule has 2 aromatic carbocycles. The SMILES string of the molecule is C=C/C=C\C.CC(C)(C)OC(=O)COCCOCCOCCOc1ccc(Oc2ccccc2[N+](=O)[O-])cc1. The molecule has 0 fully saturated rings. The molecule has 0 bridgehead atoms. The van der Waals surface area contributed by atoms with Crippen LogP contribution in [0.15, 0.2) is 73.3 Å². The van der Waals surface area contributed by atoms with Crippen LogP contribution in [0.25, 0.3) is 0 Å². The lowest BCUT2D eigenvalue weighted by Gasteiger charge is -2.19. The fourth-order valence-corrected chi connectivity index (χ4v) is 2.75. The molecule has 2 rings (SSSR count). The van der Waals surface area contributed by atoms with Crippen LogP contribution in [0.2, 0.25) is 0 Å². The summed E-state index contributed by atoms with van der Waals surface area (Å²) in [5.41, 5.74) is -0.624. The summed E-state index contributed by atoms with van der Waals surface area (Å²) in [7, 11) is 0. The molecule has 10 nitrogen and oxygen atoms in total. The van der Waals surface area contributed by atoms with Crippen LogP contribution >= 0.6 is 0 Å². The minimum absolute atomic E-state index is 0.0997. The van der Waals surface area contributed by atoms with E-state index in [2.05, 4.69) is 6.58 Å². The van der Waals surface area contributed by atoms with Gasteiger partial charge < -0.3 is 28.4 Å². The van der Waals surface area contributed by atoms with Crippen molar-refractivity contribution in [1.29, 1.82) is 0 Å². The van der Waals surface area contributed by atoms with Crippen LogP contribution in [-0.2, 0) is 23.7 Å². The molecule has 0 aliphatic rings. The number of benzene rings is 2. The highest BCUT2D eigenvalue weighted by Crippen LogP contribution is 2.31. The van der Waals surface area contributed by atoms with E-state index < -0.39 is 16.5 Å². The summed E-state index contributed by atoms with van der Waals surface area (Å²) < 4.78 is 32.3. The third kappa shape index (κ3) is 16.7. The zero-order chi connectivity index (χ0) is 28.9. The Labute approximate surface area is 230 Å². The first kappa shape index (κ1) is 33.3. The molecule has 0 saturated heterocycles. The average molecular weight is 546 g/mol. The molecule has 0 spiro atoms. The fourth-order valence-electron chi connectivity index (χ4n) is 2.75. The summed E-state index contributed by atoms with van der Waals surface area (Å²) in [4.78, 5) is 22.0. The Kier molecular flexibility index (Phi) is 16.5. The largest absolute Gasteiger partial charge is 0.491 e. The smallest absolute Gasteiger partial charge is 0.332 e. The summed E-state index contributed by atoms with van der Waals surface area (Å²) in [6.07, 6.45) is 5.58. The van der Waals surface area contributed by atoms with Gasteiger partial charge in [0.05, 0.1) is 38.0 Å². The molecule has 0 N–H and O–H groups in total. The molecule has 10 heteroatoms. The van der Waals surface area contributed by atoms with E-state index in [1.54, 1.807) is 69.3 Å². The van der Waals surface area contributed by atoms with E-state index in [0.29, 0.717) is 51.1 Å². The van der Waals surface area contributed by atoms with Crippen molar-refractivity contribution < 1.29 is 38.1 Å². The predicted octanol–water partition coefficient (Wildman–Crippen LogP) is 5.91. The highest BCUT2D eigenvalue weighted by atomic mass is 16.6. The molecule has 0 aromatic heterocycles. The number of nitro groups is 1. The maximum Gasteiger partial charge on any atom is 0.332 e. The van der Waals surface area contributed by atoms with Crippen molar-refractivity contribution in [1.82, 2.24) is 0 Å². The van der Waals surface area contributed by atoms with Gasteiger partial charge in [0, 0.05) is 6.07 Å².